The van der Waals surface area contributed by atoms with Crippen LogP contribution in [0.25, 0.3) is 0 Å². The van der Waals surface area contributed by atoms with E-state index in [4.69, 9.17) is 0 Å². The van der Waals surface area contributed by atoms with E-state index >= 15 is 0 Å². The summed E-state index contributed by atoms with van der Waals surface area (Å²) in [5, 5.41) is 19.3. The Bertz CT molecular complexity index is 180. The smallest absolute Gasteiger partial charge is 0.550 e. The predicted octanol–water partition coefficient (Wildman–Crippen LogP) is -9.98. The number of carbonyl (C=O) groups is 3. The summed E-state index contributed by atoms with van der Waals surface area (Å²) in [6.07, 6.45) is -1.14. The van der Waals surface area contributed by atoms with Gasteiger partial charge in [0.25, 0.3) is 0 Å². The van der Waals surface area contributed by atoms with Crippen LogP contribution in [-0.2, 0) is 14.4 Å². The van der Waals surface area contributed by atoms with Crippen molar-refractivity contribution in [2.75, 3.05) is 0 Å². The summed E-state index contributed by atoms with van der Waals surface area (Å²) in [6.45, 7) is 0. The van der Waals surface area contributed by atoms with Crippen molar-refractivity contribution in [3.63, 3.8) is 0 Å². The first-order valence-corrected chi connectivity index (χ1v) is 2.48. The molecule has 0 atom stereocenters. The first kappa shape index (κ1) is 23.4. The van der Waals surface area contributed by atoms with E-state index in [1.807, 2.05) is 0 Å². The SMILES string of the molecule is O.O=C([O-])CCC(=O)C(=O)[O-].[Na+].[Na+]. The minimum atomic E-state index is -1.86. The van der Waals surface area contributed by atoms with E-state index in [0.29, 0.717) is 0 Å². The second-order valence-corrected chi connectivity index (χ2v) is 1.58. The average Bonchev–Trinajstić information content (AvgIpc) is 1.82. The zero-order chi connectivity index (χ0) is 8.15. The Morgan fingerprint density at radius 2 is 1.31 bits per heavy atom. The van der Waals surface area contributed by atoms with E-state index in [1.54, 1.807) is 0 Å². The monoisotopic (exact) mass is 208 g/mol. The molecule has 64 valence electrons. The van der Waals surface area contributed by atoms with Crippen molar-refractivity contribution in [1.29, 1.82) is 0 Å². The van der Waals surface area contributed by atoms with Crippen LogP contribution in [0.15, 0.2) is 0 Å². The zero-order valence-corrected chi connectivity index (χ0v) is 11.5. The molecule has 0 saturated carbocycles. The van der Waals surface area contributed by atoms with Gasteiger partial charge < -0.3 is 25.3 Å². The standard InChI is InChI=1S/C5H6O5.2Na.H2O/c6-3(5(9)10)1-2-4(7)8;;;/h1-2H2,(H,7,8)(H,9,10);;;1H2/q;2*+1;/p-2. The van der Waals surface area contributed by atoms with E-state index < -0.39 is 30.6 Å². The van der Waals surface area contributed by atoms with Crippen molar-refractivity contribution in [3.8, 4) is 0 Å². The van der Waals surface area contributed by atoms with Crippen LogP contribution >= 0.6 is 0 Å². The third-order valence-electron chi connectivity index (χ3n) is 0.784. The number of Topliss-reactive ketones (excluding diaryl/α,β-unsaturated/α-hetero) is 1. The first-order chi connectivity index (χ1) is 4.54. The van der Waals surface area contributed by atoms with Crippen LogP contribution in [0.4, 0.5) is 0 Å². The van der Waals surface area contributed by atoms with Gasteiger partial charge in [-0.1, -0.05) is 0 Å². The summed E-state index contributed by atoms with van der Waals surface area (Å²) in [6, 6.07) is 0. The summed E-state index contributed by atoms with van der Waals surface area (Å²) >= 11 is 0. The largest absolute Gasteiger partial charge is 1.00 e. The topological polar surface area (TPSA) is 129 Å². The molecule has 0 aliphatic rings. The molecule has 0 aliphatic carbocycles. The number of rotatable bonds is 4. The van der Waals surface area contributed by atoms with Gasteiger partial charge in [-0.2, -0.15) is 0 Å². The molecule has 0 fully saturated rings. The maximum Gasteiger partial charge on any atom is 1.00 e. The number of aliphatic carboxylic acids is 2. The Hall–Kier alpha value is 0.570. The van der Waals surface area contributed by atoms with Crippen LogP contribution in [-0.4, -0.2) is 23.2 Å². The van der Waals surface area contributed by atoms with Gasteiger partial charge in [0.15, 0.2) is 5.78 Å². The molecule has 0 bridgehead atoms. The van der Waals surface area contributed by atoms with Crippen LogP contribution in [0, 0.1) is 0 Å². The molecule has 13 heavy (non-hydrogen) atoms. The Morgan fingerprint density at radius 3 is 1.54 bits per heavy atom. The van der Waals surface area contributed by atoms with Crippen LogP contribution < -0.4 is 69.3 Å². The van der Waals surface area contributed by atoms with E-state index in [0.717, 1.165) is 0 Å². The molecule has 8 heteroatoms. The zero-order valence-electron chi connectivity index (χ0n) is 7.46. The van der Waals surface area contributed by atoms with Crippen molar-refractivity contribution >= 4 is 17.7 Å². The number of carboxylic acids is 2. The van der Waals surface area contributed by atoms with Crippen LogP contribution in [0.1, 0.15) is 12.8 Å². The number of carboxylic acid groups (broad SMARTS) is 2. The molecule has 0 rings (SSSR count). The fourth-order valence-electron chi connectivity index (χ4n) is 0.318. The molecule has 0 heterocycles. The molecular formula is C5H6Na2O6. The molecule has 0 saturated heterocycles. The van der Waals surface area contributed by atoms with Gasteiger partial charge in [-0.3, -0.25) is 4.79 Å². The van der Waals surface area contributed by atoms with Gasteiger partial charge in [0.05, 0.1) is 0 Å². The van der Waals surface area contributed by atoms with Crippen molar-refractivity contribution in [2.24, 2.45) is 0 Å². The Labute approximate surface area is 119 Å². The third kappa shape index (κ3) is 15.3. The van der Waals surface area contributed by atoms with E-state index in [1.165, 1.54) is 0 Å². The molecule has 0 aliphatic heterocycles. The van der Waals surface area contributed by atoms with E-state index in [2.05, 4.69) is 0 Å². The van der Waals surface area contributed by atoms with Gasteiger partial charge in [-0.05, 0) is 6.42 Å². The summed E-state index contributed by atoms with van der Waals surface area (Å²) in [5.41, 5.74) is 0. The van der Waals surface area contributed by atoms with E-state index in [-0.39, 0.29) is 64.6 Å². The molecule has 0 unspecified atom stereocenters. The Kier molecular flexibility index (Phi) is 22.6. The maximum absolute atomic E-state index is 10.1. The average molecular weight is 208 g/mol. The Balaban J connectivity index is -0.000000135. The van der Waals surface area contributed by atoms with E-state index in [9.17, 15) is 24.6 Å². The molecule has 0 aromatic carbocycles. The van der Waals surface area contributed by atoms with Gasteiger partial charge in [-0.25, -0.2) is 0 Å². The number of hydrogen-bond acceptors (Lipinski definition) is 5. The van der Waals surface area contributed by atoms with Gasteiger partial charge in [0, 0.05) is 12.4 Å². The Morgan fingerprint density at radius 1 is 0.923 bits per heavy atom. The molecule has 2 N–H and O–H groups in total. The van der Waals surface area contributed by atoms with Crippen molar-refractivity contribution in [1.82, 2.24) is 0 Å². The number of ketones is 1. The quantitative estimate of drug-likeness (QED) is 0.334. The number of hydrogen-bond donors (Lipinski definition) is 0. The second kappa shape index (κ2) is 12.6. The minimum Gasteiger partial charge on any atom is -0.550 e. The maximum atomic E-state index is 10.1. The fraction of sp³-hybridized carbons (Fsp3) is 0.400. The first-order valence-electron chi connectivity index (χ1n) is 2.48. The van der Waals surface area contributed by atoms with Gasteiger partial charge in [-0.15, -0.1) is 0 Å². The summed E-state index contributed by atoms with van der Waals surface area (Å²) < 4.78 is 0. The predicted molar refractivity (Wildman–Crippen MR) is 27.9 cm³/mol. The van der Waals surface area contributed by atoms with Crippen LogP contribution in [0.5, 0.6) is 0 Å². The van der Waals surface area contributed by atoms with Crippen LogP contribution in [0.2, 0.25) is 0 Å². The van der Waals surface area contributed by atoms with Crippen molar-refractivity contribution in [2.45, 2.75) is 12.8 Å². The second-order valence-electron chi connectivity index (χ2n) is 1.58. The summed E-state index contributed by atoms with van der Waals surface area (Å²) in [7, 11) is 0. The van der Waals surface area contributed by atoms with Crippen molar-refractivity contribution in [3.05, 3.63) is 0 Å². The van der Waals surface area contributed by atoms with Crippen LogP contribution in [0.3, 0.4) is 0 Å². The molecule has 0 amide bonds. The molecule has 6 nitrogen and oxygen atoms in total. The summed E-state index contributed by atoms with van der Waals surface area (Å²) in [4.78, 5) is 29.4. The number of carbonyl (C=O) groups excluding carboxylic acids is 3. The molecule has 0 spiro atoms. The molecule has 0 aromatic rings. The van der Waals surface area contributed by atoms with Gasteiger partial charge in [0.1, 0.15) is 5.97 Å². The minimum absolute atomic E-state index is 0. The molecule has 0 aromatic heterocycles. The normalized spacial score (nSPS) is 6.77. The molecule has 0 radical (unpaired) electrons. The van der Waals surface area contributed by atoms with Gasteiger partial charge in [0.2, 0.25) is 0 Å². The summed E-state index contributed by atoms with van der Waals surface area (Å²) in [5.74, 6) is -4.53. The van der Waals surface area contributed by atoms with Crippen molar-refractivity contribution < 1.29 is 89.2 Å². The fourth-order valence-corrected chi connectivity index (χ4v) is 0.318. The molecular weight excluding hydrogens is 202 g/mol. The third-order valence-corrected chi connectivity index (χ3v) is 0.784. The van der Waals surface area contributed by atoms with Gasteiger partial charge >= 0.3 is 59.1 Å².